The van der Waals surface area contributed by atoms with Crippen molar-refractivity contribution in [3.05, 3.63) is 0 Å². The SMILES string of the molecule is CNC(=S)N[C@@H]1C[C@H]1C. The quantitative estimate of drug-likeness (QED) is 0.524. The van der Waals surface area contributed by atoms with Gasteiger partial charge in [0.15, 0.2) is 5.11 Å². The Balaban J connectivity index is 2.12. The summed E-state index contributed by atoms with van der Waals surface area (Å²) in [6.07, 6.45) is 1.27. The summed E-state index contributed by atoms with van der Waals surface area (Å²) in [5.41, 5.74) is 0. The third kappa shape index (κ3) is 1.82. The Labute approximate surface area is 61.0 Å². The van der Waals surface area contributed by atoms with Crippen LogP contribution in [0, 0.1) is 5.92 Å². The van der Waals surface area contributed by atoms with Gasteiger partial charge >= 0.3 is 0 Å². The predicted octanol–water partition coefficient (Wildman–Crippen LogP) is 0.489. The van der Waals surface area contributed by atoms with Crippen molar-refractivity contribution in [1.29, 1.82) is 0 Å². The third-order valence-electron chi connectivity index (χ3n) is 1.65. The van der Waals surface area contributed by atoms with Gasteiger partial charge in [0.25, 0.3) is 0 Å². The summed E-state index contributed by atoms with van der Waals surface area (Å²) in [6.45, 7) is 2.22. The fourth-order valence-electron chi connectivity index (χ4n) is 0.764. The van der Waals surface area contributed by atoms with E-state index in [1.54, 1.807) is 0 Å². The molecule has 0 spiro atoms. The Morgan fingerprint density at radius 3 is 2.56 bits per heavy atom. The molecule has 0 unspecified atom stereocenters. The van der Waals surface area contributed by atoms with Crippen LogP contribution >= 0.6 is 12.2 Å². The first-order valence-electron chi connectivity index (χ1n) is 3.22. The second-order valence-corrected chi connectivity index (χ2v) is 2.95. The van der Waals surface area contributed by atoms with Crippen LogP contribution in [0.15, 0.2) is 0 Å². The van der Waals surface area contributed by atoms with E-state index >= 15 is 0 Å². The van der Waals surface area contributed by atoms with Crippen LogP contribution in [0.5, 0.6) is 0 Å². The molecule has 0 radical (unpaired) electrons. The summed E-state index contributed by atoms with van der Waals surface area (Å²) >= 11 is 4.90. The van der Waals surface area contributed by atoms with Gasteiger partial charge in [0.2, 0.25) is 0 Å². The summed E-state index contributed by atoms with van der Waals surface area (Å²) in [6, 6.07) is 0.643. The van der Waals surface area contributed by atoms with Crippen molar-refractivity contribution in [2.24, 2.45) is 5.92 Å². The van der Waals surface area contributed by atoms with Gasteiger partial charge < -0.3 is 10.6 Å². The molecule has 1 aliphatic rings. The van der Waals surface area contributed by atoms with E-state index in [4.69, 9.17) is 12.2 Å². The van der Waals surface area contributed by atoms with E-state index in [1.807, 2.05) is 7.05 Å². The maximum absolute atomic E-state index is 4.90. The molecular formula is C6H12N2S. The first kappa shape index (κ1) is 6.81. The van der Waals surface area contributed by atoms with Crippen molar-refractivity contribution < 1.29 is 0 Å². The first-order valence-corrected chi connectivity index (χ1v) is 3.63. The molecular weight excluding hydrogens is 132 g/mol. The van der Waals surface area contributed by atoms with Crippen LogP contribution in [0.2, 0.25) is 0 Å². The van der Waals surface area contributed by atoms with Gasteiger partial charge in [0.05, 0.1) is 0 Å². The van der Waals surface area contributed by atoms with Crippen molar-refractivity contribution >= 4 is 17.3 Å². The van der Waals surface area contributed by atoms with Gasteiger partial charge in [-0.15, -0.1) is 0 Å². The molecule has 0 aliphatic heterocycles. The minimum atomic E-state index is 0.643. The van der Waals surface area contributed by atoms with Crippen molar-refractivity contribution in [3.63, 3.8) is 0 Å². The van der Waals surface area contributed by atoms with E-state index in [0.717, 1.165) is 11.0 Å². The molecule has 1 fully saturated rings. The van der Waals surface area contributed by atoms with Crippen LogP contribution < -0.4 is 10.6 Å². The average Bonchev–Trinajstić information content (AvgIpc) is 2.47. The molecule has 1 aliphatic carbocycles. The highest BCUT2D eigenvalue weighted by atomic mass is 32.1. The standard InChI is InChI=1S/C6H12N2S/c1-4-3-5(4)8-6(9)7-2/h4-5H,3H2,1-2H3,(H2,7,8,9)/t4-,5-/m1/s1. The van der Waals surface area contributed by atoms with Crippen molar-refractivity contribution in [3.8, 4) is 0 Å². The second-order valence-electron chi connectivity index (χ2n) is 2.54. The minimum Gasteiger partial charge on any atom is -0.366 e. The lowest BCUT2D eigenvalue weighted by Gasteiger charge is -2.03. The molecule has 2 nitrogen and oxygen atoms in total. The zero-order valence-electron chi connectivity index (χ0n) is 5.77. The predicted molar refractivity (Wildman–Crippen MR) is 42.4 cm³/mol. The van der Waals surface area contributed by atoms with E-state index in [-0.39, 0.29) is 0 Å². The van der Waals surface area contributed by atoms with Gasteiger partial charge in [-0.25, -0.2) is 0 Å². The summed E-state index contributed by atoms with van der Waals surface area (Å²) in [5, 5.41) is 6.82. The molecule has 1 rings (SSSR count). The second kappa shape index (κ2) is 2.52. The molecule has 0 aromatic heterocycles. The maximum Gasteiger partial charge on any atom is 0.166 e. The highest BCUT2D eigenvalue weighted by Gasteiger charge is 2.32. The molecule has 1 saturated carbocycles. The highest BCUT2D eigenvalue weighted by Crippen LogP contribution is 2.28. The van der Waals surface area contributed by atoms with Gasteiger partial charge in [-0.1, -0.05) is 6.92 Å². The molecule has 3 heteroatoms. The number of hydrogen-bond acceptors (Lipinski definition) is 1. The lowest BCUT2D eigenvalue weighted by Crippen LogP contribution is -2.34. The van der Waals surface area contributed by atoms with Crippen LogP contribution in [0.25, 0.3) is 0 Å². The zero-order chi connectivity index (χ0) is 6.85. The molecule has 9 heavy (non-hydrogen) atoms. The van der Waals surface area contributed by atoms with Crippen LogP contribution in [0.4, 0.5) is 0 Å². The Morgan fingerprint density at radius 1 is 1.67 bits per heavy atom. The molecule has 0 aromatic carbocycles. The van der Waals surface area contributed by atoms with Gasteiger partial charge in [-0.05, 0) is 24.6 Å². The smallest absolute Gasteiger partial charge is 0.166 e. The van der Waals surface area contributed by atoms with Crippen molar-refractivity contribution in [1.82, 2.24) is 10.6 Å². The maximum atomic E-state index is 4.90. The Bertz CT molecular complexity index is 124. The fraction of sp³-hybridized carbons (Fsp3) is 0.833. The van der Waals surface area contributed by atoms with E-state index in [9.17, 15) is 0 Å². The monoisotopic (exact) mass is 144 g/mol. The molecule has 0 amide bonds. The number of hydrogen-bond donors (Lipinski definition) is 2. The Hall–Kier alpha value is -0.310. The number of nitrogens with one attached hydrogen (secondary N) is 2. The molecule has 0 bridgehead atoms. The number of thiocarbonyl (C=S) groups is 1. The largest absolute Gasteiger partial charge is 0.366 e. The van der Waals surface area contributed by atoms with Gasteiger partial charge in [0.1, 0.15) is 0 Å². The number of rotatable bonds is 1. The summed E-state index contributed by atoms with van der Waals surface area (Å²) in [7, 11) is 1.84. The topological polar surface area (TPSA) is 24.1 Å². The van der Waals surface area contributed by atoms with E-state index in [0.29, 0.717) is 6.04 Å². The summed E-state index contributed by atoms with van der Waals surface area (Å²) in [4.78, 5) is 0. The normalized spacial score (nSPS) is 31.3. The van der Waals surface area contributed by atoms with Crippen LogP contribution in [-0.4, -0.2) is 18.2 Å². The molecule has 2 N–H and O–H groups in total. The minimum absolute atomic E-state index is 0.643. The summed E-state index contributed by atoms with van der Waals surface area (Å²) in [5.74, 6) is 0.816. The zero-order valence-corrected chi connectivity index (χ0v) is 6.59. The molecule has 52 valence electrons. The van der Waals surface area contributed by atoms with E-state index in [1.165, 1.54) is 6.42 Å². The van der Waals surface area contributed by atoms with Crippen LogP contribution in [0.3, 0.4) is 0 Å². The van der Waals surface area contributed by atoms with Gasteiger partial charge in [0, 0.05) is 13.1 Å². The fourth-order valence-corrected chi connectivity index (χ4v) is 0.915. The van der Waals surface area contributed by atoms with Crippen molar-refractivity contribution in [2.75, 3.05) is 7.05 Å². The van der Waals surface area contributed by atoms with E-state index in [2.05, 4.69) is 17.6 Å². The molecule has 0 heterocycles. The molecule has 2 atom stereocenters. The van der Waals surface area contributed by atoms with Crippen molar-refractivity contribution in [2.45, 2.75) is 19.4 Å². The van der Waals surface area contributed by atoms with Crippen LogP contribution in [-0.2, 0) is 0 Å². The highest BCUT2D eigenvalue weighted by molar-refractivity contribution is 7.80. The summed E-state index contributed by atoms with van der Waals surface area (Å²) < 4.78 is 0. The lowest BCUT2D eigenvalue weighted by atomic mass is 10.5. The van der Waals surface area contributed by atoms with Crippen LogP contribution in [0.1, 0.15) is 13.3 Å². The lowest BCUT2D eigenvalue weighted by molar-refractivity contribution is 0.803. The Morgan fingerprint density at radius 2 is 2.22 bits per heavy atom. The van der Waals surface area contributed by atoms with Gasteiger partial charge in [-0.3, -0.25) is 0 Å². The Kier molecular flexibility index (Phi) is 1.90. The molecule has 0 saturated heterocycles. The van der Waals surface area contributed by atoms with E-state index < -0.39 is 0 Å². The average molecular weight is 144 g/mol. The van der Waals surface area contributed by atoms with Gasteiger partial charge in [-0.2, -0.15) is 0 Å². The first-order chi connectivity index (χ1) is 4.24. The molecule has 0 aromatic rings. The third-order valence-corrected chi connectivity index (χ3v) is 1.98.